The van der Waals surface area contributed by atoms with Crippen molar-refractivity contribution in [1.29, 1.82) is 0 Å². The molecule has 0 unspecified atom stereocenters. The molecule has 1 amide bonds. The van der Waals surface area contributed by atoms with Gasteiger partial charge in [0.15, 0.2) is 5.82 Å². The van der Waals surface area contributed by atoms with E-state index in [1.807, 2.05) is 4.90 Å². The van der Waals surface area contributed by atoms with Crippen molar-refractivity contribution >= 4 is 5.91 Å². The standard InChI is InChI=1S/C14H17N5O/c20-14(18-8-3-1-2-4-9-18)12-6-5-7-16-13(12)19-11-15-10-17-19/h5-7,10-11H,1-4,8-9H2. The van der Waals surface area contributed by atoms with Gasteiger partial charge in [0.25, 0.3) is 5.91 Å². The summed E-state index contributed by atoms with van der Waals surface area (Å²) in [4.78, 5) is 22.8. The molecule has 1 aliphatic heterocycles. The van der Waals surface area contributed by atoms with Gasteiger partial charge in [-0.3, -0.25) is 4.79 Å². The zero-order chi connectivity index (χ0) is 13.8. The Labute approximate surface area is 117 Å². The van der Waals surface area contributed by atoms with Crippen LogP contribution in [0, 0.1) is 0 Å². The molecule has 0 bridgehead atoms. The van der Waals surface area contributed by atoms with Gasteiger partial charge in [-0.2, -0.15) is 5.10 Å². The zero-order valence-corrected chi connectivity index (χ0v) is 11.3. The molecule has 0 aliphatic carbocycles. The first-order valence-electron chi connectivity index (χ1n) is 6.95. The number of pyridine rings is 1. The van der Waals surface area contributed by atoms with E-state index in [1.165, 1.54) is 23.9 Å². The van der Waals surface area contributed by atoms with Gasteiger partial charge in [-0.25, -0.2) is 14.6 Å². The molecule has 0 aromatic carbocycles. The van der Waals surface area contributed by atoms with Crippen LogP contribution in [0.3, 0.4) is 0 Å². The number of nitrogens with zero attached hydrogens (tertiary/aromatic N) is 5. The summed E-state index contributed by atoms with van der Waals surface area (Å²) in [5, 5.41) is 4.07. The molecule has 0 N–H and O–H groups in total. The summed E-state index contributed by atoms with van der Waals surface area (Å²) in [5.41, 5.74) is 0.583. The third kappa shape index (κ3) is 2.54. The minimum atomic E-state index is 0.0329. The number of hydrogen-bond acceptors (Lipinski definition) is 4. The van der Waals surface area contributed by atoms with Crippen LogP contribution in [-0.4, -0.2) is 43.6 Å². The van der Waals surface area contributed by atoms with Gasteiger partial charge in [0, 0.05) is 19.3 Å². The molecule has 104 valence electrons. The molecule has 3 rings (SSSR count). The van der Waals surface area contributed by atoms with Crippen molar-refractivity contribution < 1.29 is 4.79 Å². The molecular weight excluding hydrogens is 254 g/mol. The van der Waals surface area contributed by atoms with Gasteiger partial charge in [0.2, 0.25) is 0 Å². The Morgan fingerprint density at radius 2 is 1.95 bits per heavy atom. The predicted molar refractivity (Wildman–Crippen MR) is 73.5 cm³/mol. The van der Waals surface area contributed by atoms with Crippen molar-refractivity contribution in [3.8, 4) is 5.82 Å². The average Bonchev–Trinajstić information content (AvgIpc) is 2.89. The van der Waals surface area contributed by atoms with Crippen LogP contribution in [-0.2, 0) is 0 Å². The van der Waals surface area contributed by atoms with E-state index < -0.39 is 0 Å². The fourth-order valence-electron chi connectivity index (χ4n) is 2.51. The molecule has 0 radical (unpaired) electrons. The van der Waals surface area contributed by atoms with Crippen LogP contribution in [0.15, 0.2) is 31.0 Å². The highest BCUT2D eigenvalue weighted by atomic mass is 16.2. The van der Waals surface area contributed by atoms with Gasteiger partial charge in [0.05, 0.1) is 5.56 Å². The van der Waals surface area contributed by atoms with Crippen molar-refractivity contribution in [2.75, 3.05) is 13.1 Å². The van der Waals surface area contributed by atoms with Crippen LogP contribution in [0.2, 0.25) is 0 Å². The summed E-state index contributed by atoms with van der Waals surface area (Å²) >= 11 is 0. The molecule has 1 saturated heterocycles. The first-order valence-corrected chi connectivity index (χ1v) is 6.95. The summed E-state index contributed by atoms with van der Waals surface area (Å²) < 4.78 is 1.53. The lowest BCUT2D eigenvalue weighted by Gasteiger charge is -2.21. The van der Waals surface area contributed by atoms with E-state index in [2.05, 4.69) is 15.1 Å². The molecule has 1 aliphatic rings. The second kappa shape index (κ2) is 5.81. The van der Waals surface area contributed by atoms with E-state index in [0.29, 0.717) is 11.4 Å². The lowest BCUT2D eigenvalue weighted by Crippen LogP contribution is -2.32. The van der Waals surface area contributed by atoms with Crippen molar-refractivity contribution in [3.05, 3.63) is 36.5 Å². The van der Waals surface area contributed by atoms with E-state index in [-0.39, 0.29) is 5.91 Å². The highest BCUT2D eigenvalue weighted by Crippen LogP contribution is 2.16. The number of hydrogen-bond donors (Lipinski definition) is 0. The van der Waals surface area contributed by atoms with Crippen LogP contribution in [0.5, 0.6) is 0 Å². The number of likely N-dealkylation sites (tertiary alicyclic amines) is 1. The van der Waals surface area contributed by atoms with E-state index in [1.54, 1.807) is 24.7 Å². The van der Waals surface area contributed by atoms with Gasteiger partial charge < -0.3 is 4.90 Å². The maximum atomic E-state index is 12.7. The number of aromatic nitrogens is 4. The van der Waals surface area contributed by atoms with Crippen molar-refractivity contribution in [2.24, 2.45) is 0 Å². The van der Waals surface area contributed by atoms with E-state index in [4.69, 9.17) is 0 Å². The second-order valence-corrected chi connectivity index (χ2v) is 4.92. The summed E-state index contributed by atoms with van der Waals surface area (Å²) in [6.07, 6.45) is 9.21. The molecule has 0 atom stereocenters. The Hall–Kier alpha value is -2.24. The van der Waals surface area contributed by atoms with E-state index in [9.17, 15) is 4.79 Å². The Balaban J connectivity index is 1.91. The monoisotopic (exact) mass is 271 g/mol. The topological polar surface area (TPSA) is 63.9 Å². The van der Waals surface area contributed by atoms with Gasteiger partial charge in [-0.05, 0) is 25.0 Å². The predicted octanol–water partition coefficient (Wildman–Crippen LogP) is 1.68. The third-order valence-corrected chi connectivity index (χ3v) is 3.55. The fourth-order valence-corrected chi connectivity index (χ4v) is 2.51. The third-order valence-electron chi connectivity index (χ3n) is 3.55. The maximum absolute atomic E-state index is 12.7. The summed E-state index contributed by atoms with van der Waals surface area (Å²) in [6, 6.07) is 3.59. The number of carbonyl (C=O) groups is 1. The van der Waals surface area contributed by atoms with Gasteiger partial charge >= 0.3 is 0 Å². The van der Waals surface area contributed by atoms with E-state index in [0.717, 1.165) is 25.9 Å². The van der Waals surface area contributed by atoms with Crippen molar-refractivity contribution in [2.45, 2.75) is 25.7 Å². The Bertz CT molecular complexity index is 573. The van der Waals surface area contributed by atoms with Crippen molar-refractivity contribution in [1.82, 2.24) is 24.6 Å². The molecule has 1 fully saturated rings. The SMILES string of the molecule is O=C(c1cccnc1-n1cncn1)N1CCCCCC1. The molecule has 2 aromatic rings. The average molecular weight is 271 g/mol. The summed E-state index contributed by atoms with van der Waals surface area (Å²) in [6.45, 7) is 1.65. The van der Waals surface area contributed by atoms with Crippen LogP contribution in [0.1, 0.15) is 36.0 Å². The molecule has 6 nitrogen and oxygen atoms in total. The lowest BCUT2D eigenvalue weighted by atomic mass is 10.2. The van der Waals surface area contributed by atoms with Gasteiger partial charge in [-0.15, -0.1) is 0 Å². The largest absolute Gasteiger partial charge is 0.339 e. The lowest BCUT2D eigenvalue weighted by molar-refractivity contribution is 0.0761. The molecule has 0 saturated carbocycles. The molecule has 2 aromatic heterocycles. The number of carbonyl (C=O) groups excluding carboxylic acids is 1. The Morgan fingerprint density at radius 1 is 1.15 bits per heavy atom. The number of amides is 1. The van der Waals surface area contributed by atoms with Gasteiger partial charge in [0.1, 0.15) is 12.7 Å². The van der Waals surface area contributed by atoms with E-state index >= 15 is 0 Å². The molecule has 3 heterocycles. The molecule has 6 heteroatoms. The Morgan fingerprint density at radius 3 is 2.65 bits per heavy atom. The first kappa shape index (κ1) is 12.8. The normalized spacial score (nSPS) is 15.9. The highest BCUT2D eigenvalue weighted by Gasteiger charge is 2.21. The van der Waals surface area contributed by atoms with Crippen LogP contribution >= 0.6 is 0 Å². The molecule has 20 heavy (non-hydrogen) atoms. The van der Waals surface area contributed by atoms with Gasteiger partial charge in [-0.1, -0.05) is 12.8 Å². The highest BCUT2D eigenvalue weighted by molar-refractivity contribution is 5.97. The van der Waals surface area contributed by atoms with Crippen molar-refractivity contribution in [3.63, 3.8) is 0 Å². The summed E-state index contributed by atoms with van der Waals surface area (Å²) in [7, 11) is 0. The van der Waals surface area contributed by atoms with Crippen LogP contribution in [0.25, 0.3) is 5.82 Å². The smallest absolute Gasteiger partial charge is 0.257 e. The Kier molecular flexibility index (Phi) is 3.71. The molecule has 0 spiro atoms. The minimum absolute atomic E-state index is 0.0329. The van der Waals surface area contributed by atoms with Crippen LogP contribution < -0.4 is 0 Å². The van der Waals surface area contributed by atoms with Crippen LogP contribution in [0.4, 0.5) is 0 Å². The fraction of sp³-hybridized carbons (Fsp3) is 0.429. The molecular formula is C14H17N5O. The number of rotatable bonds is 2. The second-order valence-electron chi connectivity index (χ2n) is 4.92. The maximum Gasteiger partial charge on any atom is 0.257 e. The summed E-state index contributed by atoms with van der Waals surface area (Å²) in [5.74, 6) is 0.574. The quantitative estimate of drug-likeness (QED) is 0.833. The minimum Gasteiger partial charge on any atom is -0.339 e. The zero-order valence-electron chi connectivity index (χ0n) is 11.3. The first-order chi connectivity index (χ1) is 9.86.